The number of fused-ring (bicyclic) bond motifs is 6. The summed E-state index contributed by atoms with van der Waals surface area (Å²) in [6, 6.07) is 57.9. The average Bonchev–Trinajstić information content (AvgIpc) is 3.69. The molecule has 2 aromatic heterocycles. The molecule has 0 spiro atoms. The van der Waals surface area contributed by atoms with Crippen LogP contribution in [0, 0.1) is 34.0 Å². The van der Waals surface area contributed by atoms with Gasteiger partial charge in [-0.25, -0.2) is 0 Å². The molecule has 0 bridgehead atoms. The molecule has 50 heavy (non-hydrogen) atoms. The number of rotatable bonds is 4. The lowest BCUT2D eigenvalue weighted by Crippen LogP contribution is -2.01. The van der Waals surface area contributed by atoms with E-state index in [0.717, 1.165) is 55.4 Å². The minimum atomic E-state index is 0.512. The summed E-state index contributed by atoms with van der Waals surface area (Å²) < 4.78 is 4.37. The summed E-state index contributed by atoms with van der Waals surface area (Å²) in [7, 11) is 0. The monoisotopic (exact) mass is 635 g/mol. The quantitative estimate of drug-likeness (QED) is 0.193. The molecule has 0 atom stereocenters. The molecule has 0 N–H and O–H groups in total. The summed E-state index contributed by atoms with van der Waals surface area (Å²) in [5, 5.41) is 34.0. The van der Waals surface area contributed by atoms with Crippen LogP contribution in [0.3, 0.4) is 0 Å². The van der Waals surface area contributed by atoms with Gasteiger partial charge in [0.2, 0.25) is 0 Å². The van der Waals surface area contributed by atoms with E-state index in [1.54, 1.807) is 12.1 Å². The van der Waals surface area contributed by atoms with Crippen molar-refractivity contribution in [1.29, 1.82) is 15.8 Å². The van der Waals surface area contributed by atoms with Gasteiger partial charge in [0.25, 0.3) is 0 Å². The van der Waals surface area contributed by atoms with E-state index in [1.807, 2.05) is 42.5 Å². The number of nitrogens with zero attached hydrogens (tertiary/aromatic N) is 5. The van der Waals surface area contributed by atoms with Crippen LogP contribution in [0.1, 0.15) is 16.7 Å². The molecule has 9 rings (SSSR count). The fourth-order valence-electron chi connectivity index (χ4n) is 7.35. The summed E-state index contributed by atoms with van der Waals surface area (Å²) in [5.74, 6) is 0. The zero-order chi connectivity index (χ0) is 33.8. The maximum absolute atomic E-state index is 10.4. The molecular formula is C45H25N5. The van der Waals surface area contributed by atoms with Crippen molar-refractivity contribution in [2.45, 2.75) is 0 Å². The summed E-state index contributed by atoms with van der Waals surface area (Å²) in [5.41, 5.74) is 11.5. The van der Waals surface area contributed by atoms with Crippen molar-refractivity contribution >= 4 is 43.6 Å². The zero-order valence-corrected chi connectivity index (χ0v) is 26.7. The largest absolute Gasteiger partial charge is 0.309 e. The fourth-order valence-corrected chi connectivity index (χ4v) is 7.35. The van der Waals surface area contributed by atoms with E-state index in [2.05, 4.69) is 124 Å². The van der Waals surface area contributed by atoms with Crippen LogP contribution < -0.4 is 0 Å². The Balaban J connectivity index is 1.15. The van der Waals surface area contributed by atoms with Gasteiger partial charge in [-0.2, -0.15) is 15.8 Å². The van der Waals surface area contributed by atoms with Crippen LogP contribution in [0.25, 0.3) is 77.2 Å². The van der Waals surface area contributed by atoms with E-state index in [9.17, 15) is 15.8 Å². The highest BCUT2D eigenvalue weighted by atomic mass is 15.0. The molecule has 7 aromatic carbocycles. The SMILES string of the molecule is N#Cc1ccc2c(c1)c1ccc(C#N)cc1n2-c1c(C#N)cccc1-c1ccc(-c2ccc(-n3c4ccccc4c4ccccc43)cc2)cc1. The predicted molar refractivity (Wildman–Crippen MR) is 200 cm³/mol. The number of para-hydroxylation sites is 3. The van der Waals surface area contributed by atoms with Gasteiger partial charge in [0, 0.05) is 32.8 Å². The molecule has 0 amide bonds. The standard InChI is InChI=1S/C45H25N5/c46-26-29-13-23-43-40(24-29)39-22-12-30(27-47)25-44(39)50(43)45-34(28-48)6-5-9-36(45)33-16-14-31(15-17-33)32-18-20-35(21-19-32)49-41-10-3-1-7-37(41)38-8-2-4-11-42(38)49/h1-25H. The Hall–Kier alpha value is -7.39. The summed E-state index contributed by atoms with van der Waals surface area (Å²) >= 11 is 0. The Morgan fingerprint density at radius 1 is 0.380 bits per heavy atom. The van der Waals surface area contributed by atoms with E-state index < -0.39 is 0 Å². The molecule has 5 nitrogen and oxygen atoms in total. The Kier molecular flexibility index (Phi) is 6.56. The van der Waals surface area contributed by atoms with Crippen molar-refractivity contribution in [2.24, 2.45) is 0 Å². The molecule has 0 aliphatic heterocycles. The normalized spacial score (nSPS) is 11.1. The zero-order valence-electron chi connectivity index (χ0n) is 26.7. The molecule has 0 radical (unpaired) electrons. The van der Waals surface area contributed by atoms with Crippen molar-refractivity contribution in [2.75, 3.05) is 0 Å². The highest BCUT2D eigenvalue weighted by Crippen LogP contribution is 2.39. The number of aromatic nitrogens is 2. The van der Waals surface area contributed by atoms with E-state index >= 15 is 0 Å². The van der Waals surface area contributed by atoms with Crippen molar-refractivity contribution in [3.63, 3.8) is 0 Å². The van der Waals surface area contributed by atoms with Gasteiger partial charge in [-0.15, -0.1) is 0 Å². The molecule has 0 fully saturated rings. The number of hydrogen-bond acceptors (Lipinski definition) is 3. The maximum atomic E-state index is 10.4. The van der Waals surface area contributed by atoms with Gasteiger partial charge in [-0.3, -0.25) is 0 Å². The van der Waals surface area contributed by atoms with Crippen LogP contribution in [0.2, 0.25) is 0 Å². The molecule has 2 heterocycles. The maximum Gasteiger partial charge on any atom is 0.101 e. The third-order valence-corrected chi connectivity index (χ3v) is 9.64. The van der Waals surface area contributed by atoms with Crippen molar-refractivity contribution in [3.05, 3.63) is 168 Å². The lowest BCUT2D eigenvalue weighted by molar-refractivity contribution is 1.17. The molecule has 5 heteroatoms. The van der Waals surface area contributed by atoms with Gasteiger partial charge in [0.15, 0.2) is 0 Å². The predicted octanol–water partition coefficient (Wildman–Crippen LogP) is 10.8. The van der Waals surface area contributed by atoms with Crippen LogP contribution >= 0.6 is 0 Å². The van der Waals surface area contributed by atoms with Gasteiger partial charge in [0.1, 0.15) is 6.07 Å². The topological polar surface area (TPSA) is 81.2 Å². The van der Waals surface area contributed by atoms with Gasteiger partial charge in [0.05, 0.1) is 56.6 Å². The fraction of sp³-hybridized carbons (Fsp3) is 0. The first kappa shape index (κ1) is 28.8. The van der Waals surface area contributed by atoms with Gasteiger partial charge < -0.3 is 9.13 Å². The first-order valence-corrected chi connectivity index (χ1v) is 16.3. The molecule has 0 aliphatic rings. The smallest absolute Gasteiger partial charge is 0.101 e. The van der Waals surface area contributed by atoms with Crippen molar-refractivity contribution in [1.82, 2.24) is 9.13 Å². The molecule has 0 aliphatic carbocycles. The summed E-state index contributed by atoms with van der Waals surface area (Å²) in [6.45, 7) is 0. The van der Waals surface area contributed by atoms with Crippen LogP contribution in [0.5, 0.6) is 0 Å². The Labute approximate surface area is 287 Å². The molecule has 9 aromatic rings. The second-order valence-electron chi connectivity index (χ2n) is 12.3. The van der Waals surface area contributed by atoms with Crippen molar-refractivity contribution in [3.8, 4) is 51.8 Å². The molecule has 0 unspecified atom stereocenters. The minimum Gasteiger partial charge on any atom is -0.309 e. The lowest BCUT2D eigenvalue weighted by atomic mass is 9.97. The van der Waals surface area contributed by atoms with Crippen LogP contribution in [-0.2, 0) is 0 Å². The van der Waals surface area contributed by atoms with E-state index in [1.165, 1.54) is 21.8 Å². The van der Waals surface area contributed by atoms with Crippen molar-refractivity contribution < 1.29 is 0 Å². The Bertz CT molecular complexity index is 2890. The molecule has 230 valence electrons. The first-order valence-electron chi connectivity index (χ1n) is 16.3. The Morgan fingerprint density at radius 3 is 1.60 bits per heavy atom. The molecule has 0 saturated carbocycles. The first-order chi connectivity index (χ1) is 24.7. The second-order valence-corrected chi connectivity index (χ2v) is 12.3. The average molecular weight is 636 g/mol. The van der Waals surface area contributed by atoms with E-state index in [-0.39, 0.29) is 0 Å². The molecular weight excluding hydrogens is 611 g/mol. The van der Waals surface area contributed by atoms with Crippen LogP contribution in [0.4, 0.5) is 0 Å². The highest BCUT2D eigenvalue weighted by Gasteiger charge is 2.20. The van der Waals surface area contributed by atoms with E-state index in [4.69, 9.17) is 0 Å². The number of nitriles is 3. The third kappa shape index (κ3) is 4.38. The second kappa shape index (κ2) is 11.4. The van der Waals surface area contributed by atoms with Crippen LogP contribution in [-0.4, -0.2) is 9.13 Å². The Morgan fingerprint density at radius 2 is 0.940 bits per heavy atom. The van der Waals surface area contributed by atoms with Crippen LogP contribution in [0.15, 0.2) is 152 Å². The van der Waals surface area contributed by atoms with E-state index in [0.29, 0.717) is 16.7 Å². The summed E-state index contributed by atoms with van der Waals surface area (Å²) in [6.07, 6.45) is 0. The number of benzene rings is 7. The van der Waals surface area contributed by atoms with Gasteiger partial charge >= 0.3 is 0 Å². The highest BCUT2D eigenvalue weighted by molar-refractivity contribution is 6.11. The summed E-state index contributed by atoms with van der Waals surface area (Å²) in [4.78, 5) is 0. The lowest BCUT2D eigenvalue weighted by Gasteiger charge is -2.16. The minimum absolute atomic E-state index is 0.512. The van der Waals surface area contributed by atoms with Gasteiger partial charge in [-0.05, 0) is 77.4 Å². The van der Waals surface area contributed by atoms with Gasteiger partial charge in [-0.1, -0.05) is 91.0 Å². The molecule has 0 saturated heterocycles. The number of hydrogen-bond donors (Lipinski definition) is 0. The third-order valence-electron chi connectivity index (χ3n) is 9.64.